The number of benzene rings is 1. The smallest absolute Gasteiger partial charge is 0.181 e. The largest absolute Gasteiger partial charge is 0.292 e. The van der Waals surface area contributed by atoms with Crippen molar-refractivity contribution < 1.29 is 4.79 Å². The first-order valence-corrected chi connectivity index (χ1v) is 6.10. The van der Waals surface area contributed by atoms with Crippen LogP contribution < -0.4 is 0 Å². The zero-order valence-corrected chi connectivity index (χ0v) is 10.2. The molecule has 0 N–H and O–H groups in total. The van der Waals surface area contributed by atoms with Crippen molar-refractivity contribution in [2.75, 3.05) is 0 Å². The quantitative estimate of drug-likeness (QED) is 0.688. The summed E-state index contributed by atoms with van der Waals surface area (Å²) in [6, 6.07) is 6.28. The number of rotatable bonds is 0. The fourth-order valence-corrected chi connectivity index (χ4v) is 2.66. The second-order valence-corrected chi connectivity index (χ2v) is 4.86. The standard InChI is InChI=1S/C15H15NO/c1-9-6-7-11-10(2)12-4-3-5-14(17)15(12)16-13(11)8-9/h6-8H,3-5H2,1-2H3. The number of pyridine rings is 1. The molecule has 0 atom stereocenters. The van der Waals surface area contributed by atoms with Crippen LogP contribution in [0.3, 0.4) is 0 Å². The van der Waals surface area contributed by atoms with Crippen molar-refractivity contribution in [3.8, 4) is 0 Å². The van der Waals surface area contributed by atoms with Crippen LogP contribution in [0, 0.1) is 13.8 Å². The highest BCUT2D eigenvalue weighted by atomic mass is 16.1. The summed E-state index contributed by atoms with van der Waals surface area (Å²) in [5.74, 6) is 0.206. The van der Waals surface area contributed by atoms with E-state index in [4.69, 9.17) is 0 Å². The molecule has 86 valence electrons. The third kappa shape index (κ3) is 1.55. The molecule has 1 heterocycles. The summed E-state index contributed by atoms with van der Waals surface area (Å²) in [6.45, 7) is 4.16. The van der Waals surface area contributed by atoms with Gasteiger partial charge in [0.1, 0.15) is 5.69 Å². The molecule has 1 aromatic carbocycles. The molecular formula is C15H15NO. The first-order chi connectivity index (χ1) is 8.16. The molecule has 2 aromatic rings. The Morgan fingerprint density at radius 3 is 2.82 bits per heavy atom. The van der Waals surface area contributed by atoms with Gasteiger partial charge in [-0.05, 0) is 49.4 Å². The van der Waals surface area contributed by atoms with Crippen LogP contribution >= 0.6 is 0 Å². The van der Waals surface area contributed by atoms with E-state index in [0.717, 1.165) is 23.9 Å². The third-order valence-electron chi connectivity index (χ3n) is 3.62. The highest BCUT2D eigenvalue weighted by Gasteiger charge is 2.21. The van der Waals surface area contributed by atoms with Gasteiger partial charge in [0.2, 0.25) is 0 Å². The fourth-order valence-electron chi connectivity index (χ4n) is 2.66. The molecule has 17 heavy (non-hydrogen) atoms. The Balaban J connectivity index is 2.39. The number of hydrogen-bond acceptors (Lipinski definition) is 2. The number of hydrogen-bond donors (Lipinski definition) is 0. The summed E-state index contributed by atoms with van der Waals surface area (Å²) in [5.41, 5.74) is 5.26. The molecule has 3 rings (SSSR count). The van der Waals surface area contributed by atoms with Crippen LogP contribution in [0.15, 0.2) is 18.2 Å². The molecule has 0 amide bonds. The summed E-state index contributed by atoms with van der Waals surface area (Å²) in [6.07, 6.45) is 2.60. The van der Waals surface area contributed by atoms with Crippen LogP contribution in [-0.2, 0) is 6.42 Å². The SMILES string of the molecule is Cc1ccc2c(C)c3c(nc2c1)C(=O)CCC3. The maximum absolute atomic E-state index is 11.9. The topological polar surface area (TPSA) is 30.0 Å². The molecule has 0 unspecified atom stereocenters. The average molecular weight is 225 g/mol. The lowest BCUT2D eigenvalue weighted by Crippen LogP contribution is -2.14. The van der Waals surface area contributed by atoms with E-state index in [0.29, 0.717) is 12.1 Å². The van der Waals surface area contributed by atoms with Crippen molar-refractivity contribution in [2.45, 2.75) is 33.1 Å². The van der Waals surface area contributed by atoms with Crippen molar-refractivity contribution in [2.24, 2.45) is 0 Å². The molecule has 2 heteroatoms. The molecule has 2 nitrogen and oxygen atoms in total. The van der Waals surface area contributed by atoms with Crippen molar-refractivity contribution in [3.05, 3.63) is 40.6 Å². The Morgan fingerprint density at radius 1 is 1.18 bits per heavy atom. The maximum Gasteiger partial charge on any atom is 0.181 e. The van der Waals surface area contributed by atoms with E-state index in [1.54, 1.807) is 0 Å². The highest BCUT2D eigenvalue weighted by Crippen LogP contribution is 2.28. The van der Waals surface area contributed by atoms with Crippen molar-refractivity contribution in [1.82, 2.24) is 4.98 Å². The molecule has 0 bridgehead atoms. The van der Waals surface area contributed by atoms with Gasteiger partial charge in [0.05, 0.1) is 5.52 Å². The minimum atomic E-state index is 0.206. The van der Waals surface area contributed by atoms with Crippen molar-refractivity contribution in [3.63, 3.8) is 0 Å². The Kier molecular flexibility index (Phi) is 2.25. The number of fused-ring (bicyclic) bond motifs is 2. The lowest BCUT2D eigenvalue weighted by Gasteiger charge is -2.18. The molecular weight excluding hydrogens is 210 g/mol. The maximum atomic E-state index is 11.9. The Labute approximate surface area is 101 Å². The van der Waals surface area contributed by atoms with Crippen molar-refractivity contribution >= 4 is 16.7 Å². The number of ketones is 1. The third-order valence-corrected chi connectivity index (χ3v) is 3.62. The molecule has 0 saturated heterocycles. The lowest BCUT2D eigenvalue weighted by atomic mass is 9.89. The van der Waals surface area contributed by atoms with E-state index in [1.807, 2.05) is 0 Å². The van der Waals surface area contributed by atoms with Crippen LogP contribution in [0.2, 0.25) is 0 Å². The van der Waals surface area contributed by atoms with Crippen LogP contribution in [0.25, 0.3) is 10.9 Å². The van der Waals surface area contributed by atoms with E-state index >= 15 is 0 Å². The van der Waals surface area contributed by atoms with Gasteiger partial charge in [-0.25, -0.2) is 4.98 Å². The lowest BCUT2D eigenvalue weighted by molar-refractivity contribution is 0.0967. The van der Waals surface area contributed by atoms with Gasteiger partial charge in [-0.2, -0.15) is 0 Å². The normalized spacial score (nSPS) is 15.1. The fraction of sp³-hybridized carbons (Fsp3) is 0.333. The van der Waals surface area contributed by atoms with Crippen molar-refractivity contribution in [1.29, 1.82) is 0 Å². The van der Waals surface area contributed by atoms with Gasteiger partial charge < -0.3 is 0 Å². The van der Waals surface area contributed by atoms with Gasteiger partial charge in [0.15, 0.2) is 5.78 Å². The molecule has 1 aliphatic carbocycles. The summed E-state index contributed by atoms with van der Waals surface area (Å²) in [7, 11) is 0. The second kappa shape index (κ2) is 3.66. The first kappa shape index (κ1) is 10.5. The van der Waals surface area contributed by atoms with Crippen LogP contribution in [0.4, 0.5) is 0 Å². The summed E-state index contributed by atoms with van der Waals surface area (Å²) >= 11 is 0. The van der Waals surface area contributed by atoms with Gasteiger partial charge in [-0.1, -0.05) is 12.1 Å². The monoisotopic (exact) mass is 225 g/mol. The number of aryl methyl sites for hydroxylation is 2. The van der Waals surface area contributed by atoms with E-state index in [2.05, 4.69) is 37.0 Å². The molecule has 0 saturated carbocycles. The predicted molar refractivity (Wildman–Crippen MR) is 68.5 cm³/mol. The van der Waals surface area contributed by atoms with Gasteiger partial charge in [0.25, 0.3) is 0 Å². The average Bonchev–Trinajstić information content (AvgIpc) is 2.30. The second-order valence-electron chi connectivity index (χ2n) is 4.86. The van der Waals surface area contributed by atoms with Gasteiger partial charge >= 0.3 is 0 Å². The zero-order chi connectivity index (χ0) is 12.0. The van der Waals surface area contributed by atoms with Gasteiger partial charge in [-0.15, -0.1) is 0 Å². The van der Waals surface area contributed by atoms with Crippen LogP contribution in [0.5, 0.6) is 0 Å². The van der Waals surface area contributed by atoms with Crippen LogP contribution in [-0.4, -0.2) is 10.8 Å². The van der Waals surface area contributed by atoms with E-state index in [1.165, 1.54) is 16.5 Å². The molecule has 1 aliphatic rings. The summed E-state index contributed by atoms with van der Waals surface area (Å²) < 4.78 is 0. The molecule has 1 aromatic heterocycles. The van der Waals surface area contributed by atoms with Gasteiger partial charge in [-0.3, -0.25) is 4.79 Å². The number of carbonyl (C=O) groups excluding carboxylic acids is 1. The first-order valence-electron chi connectivity index (χ1n) is 6.10. The number of carbonyl (C=O) groups is 1. The van der Waals surface area contributed by atoms with E-state index in [9.17, 15) is 4.79 Å². The van der Waals surface area contributed by atoms with Crippen LogP contribution in [0.1, 0.15) is 40.0 Å². The molecule has 0 spiro atoms. The van der Waals surface area contributed by atoms with Gasteiger partial charge in [0, 0.05) is 11.8 Å². The Hall–Kier alpha value is -1.70. The summed E-state index contributed by atoms with van der Waals surface area (Å²) in [4.78, 5) is 16.5. The molecule has 0 aliphatic heterocycles. The minimum Gasteiger partial charge on any atom is -0.292 e. The number of aromatic nitrogens is 1. The number of nitrogens with zero attached hydrogens (tertiary/aromatic N) is 1. The Morgan fingerprint density at radius 2 is 2.00 bits per heavy atom. The molecule has 0 fully saturated rings. The zero-order valence-electron chi connectivity index (χ0n) is 10.2. The summed E-state index contributed by atoms with van der Waals surface area (Å²) in [5, 5.41) is 1.18. The minimum absolute atomic E-state index is 0.206. The Bertz CT molecular complexity index is 628. The highest BCUT2D eigenvalue weighted by molar-refractivity contribution is 6.00. The molecule has 0 radical (unpaired) electrons. The van der Waals surface area contributed by atoms with E-state index in [-0.39, 0.29) is 5.78 Å². The van der Waals surface area contributed by atoms with E-state index < -0.39 is 0 Å². The number of Topliss-reactive ketones (excluding diaryl/α,β-unsaturated/α-hetero) is 1. The predicted octanol–water partition coefficient (Wildman–Crippen LogP) is 3.37.